The molecule has 0 aromatic heterocycles. The molecule has 119 valence electrons. The zero-order valence-electron chi connectivity index (χ0n) is 12.3. The number of halogens is 3. The monoisotopic (exact) mass is 458 g/mol. The van der Waals surface area contributed by atoms with Crippen LogP contribution < -0.4 is 4.74 Å². The van der Waals surface area contributed by atoms with Gasteiger partial charge in [-0.1, -0.05) is 27.9 Å². The number of alkyl halides is 1. The Balaban J connectivity index is 0.00000264. The van der Waals surface area contributed by atoms with Crippen molar-refractivity contribution in [1.29, 1.82) is 5.26 Å². The number of benzene rings is 1. The van der Waals surface area contributed by atoms with Crippen LogP contribution >= 0.6 is 15.9 Å². The molecule has 1 aromatic carbocycles. The second kappa shape index (κ2) is 8.86. The van der Waals surface area contributed by atoms with Gasteiger partial charge in [0.1, 0.15) is 11.8 Å². The van der Waals surface area contributed by atoms with Crippen molar-refractivity contribution in [3.63, 3.8) is 0 Å². The molecule has 1 unspecified atom stereocenters. The Hall–Kier alpha value is -0.836. The van der Waals surface area contributed by atoms with Gasteiger partial charge in [-0.3, -0.25) is 4.79 Å². The Morgan fingerprint density at radius 2 is 2.09 bits per heavy atom. The van der Waals surface area contributed by atoms with Crippen molar-refractivity contribution in [2.45, 2.75) is 18.2 Å². The van der Waals surface area contributed by atoms with E-state index in [2.05, 4.69) is 22.0 Å². The van der Waals surface area contributed by atoms with Crippen molar-refractivity contribution in [3.05, 3.63) is 35.4 Å². The molecule has 1 aliphatic heterocycles. The molecular formula is C15H12BrF2N2O2Y-. The number of nitrogens with zero attached hydrogens (tertiary/aromatic N) is 2. The van der Waals surface area contributed by atoms with Crippen LogP contribution in [0.3, 0.4) is 0 Å². The van der Waals surface area contributed by atoms with Gasteiger partial charge in [-0.2, -0.15) is 5.26 Å². The Bertz CT molecular complexity index is 653. The van der Waals surface area contributed by atoms with Crippen LogP contribution in [0.4, 0.5) is 8.78 Å². The number of amides is 1. The van der Waals surface area contributed by atoms with Crippen molar-refractivity contribution >= 4 is 27.5 Å². The van der Waals surface area contributed by atoms with Gasteiger partial charge >= 0.3 is 0 Å². The summed E-state index contributed by atoms with van der Waals surface area (Å²) in [6.45, 7) is 1.68. The fourth-order valence-corrected chi connectivity index (χ4v) is 2.57. The zero-order chi connectivity index (χ0) is 16.3. The van der Waals surface area contributed by atoms with Crippen LogP contribution in [0, 0.1) is 29.0 Å². The van der Waals surface area contributed by atoms with Crippen molar-refractivity contribution in [2.75, 3.05) is 13.2 Å². The molecule has 1 heterocycles. The summed E-state index contributed by atoms with van der Waals surface area (Å²) in [5.74, 6) is -2.08. The molecule has 4 nitrogen and oxygen atoms in total. The van der Waals surface area contributed by atoms with Gasteiger partial charge in [-0.05, 0) is 19.1 Å². The van der Waals surface area contributed by atoms with E-state index in [1.54, 1.807) is 13.0 Å². The molecule has 1 radical (unpaired) electrons. The third-order valence-electron chi connectivity index (χ3n) is 3.12. The SMILES string of the molecule is CCN1C(=O)C(Br)C[C-]=C1c1c(F)cc(OCC#N)cc1F.[Y]. The first kappa shape index (κ1) is 20.2. The summed E-state index contributed by atoms with van der Waals surface area (Å²) in [5, 5.41) is 8.42. The Labute approximate surface area is 166 Å². The number of ether oxygens (including phenoxy) is 1. The maximum atomic E-state index is 14.2. The first-order valence-electron chi connectivity index (χ1n) is 6.55. The van der Waals surface area contributed by atoms with Gasteiger partial charge < -0.3 is 9.64 Å². The predicted octanol–water partition coefficient (Wildman–Crippen LogP) is 3.02. The van der Waals surface area contributed by atoms with Gasteiger partial charge in [0.05, 0.1) is 16.5 Å². The predicted molar refractivity (Wildman–Crippen MR) is 78.8 cm³/mol. The van der Waals surface area contributed by atoms with Crippen LogP contribution in [-0.2, 0) is 37.5 Å². The molecule has 0 spiro atoms. The molecule has 8 heteroatoms. The molecule has 2 rings (SSSR count). The van der Waals surface area contributed by atoms with E-state index in [0.29, 0.717) is 0 Å². The third kappa shape index (κ3) is 4.37. The molecule has 0 saturated carbocycles. The third-order valence-corrected chi connectivity index (χ3v) is 3.84. The van der Waals surface area contributed by atoms with E-state index in [1.807, 2.05) is 0 Å². The maximum Gasteiger partial charge on any atom is 0.236 e. The van der Waals surface area contributed by atoms with Crippen LogP contribution in [0.1, 0.15) is 18.9 Å². The molecule has 0 bridgehead atoms. The maximum absolute atomic E-state index is 14.2. The molecule has 1 aliphatic rings. The van der Waals surface area contributed by atoms with Crippen molar-refractivity contribution in [3.8, 4) is 11.8 Å². The number of carbonyl (C=O) groups excluding carboxylic acids is 1. The van der Waals surface area contributed by atoms with E-state index in [1.165, 1.54) is 4.90 Å². The normalized spacial score (nSPS) is 17.2. The Morgan fingerprint density at radius 3 is 2.61 bits per heavy atom. The van der Waals surface area contributed by atoms with Crippen molar-refractivity contribution in [2.24, 2.45) is 0 Å². The smallest absolute Gasteiger partial charge is 0.236 e. The van der Waals surface area contributed by atoms with Crippen molar-refractivity contribution in [1.82, 2.24) is 4.90 Å². The summed E-state index contributed by atoms with van der Waals surface area (Å²) < 4.78 is 33.4. The minimum atomic E-state index is -0.866. The topological polar surface area (TPSA) is 53.3 Å². The molecule has 0 N–H and O–H groups in total. The largest absolute Gasteiger partial charge is 0.479 e. The van der Waals surface area contributed by atoms with Gasteiger partial charge in [0, 0.05) is 39.3 Å². The molecule has 1 aromatic rings. The van der Waals surface area contributed by atoms with Gasteiger partial charge in [0.15, 0.2) is 6.61 Å². The molecule has 1 atom stereocenters. The number of carbonyl (C=O) groups is 1. The molecule has 0 aliphatic carbocycles. The summed E-state index contributed by atoms with van der Waals surface area (Å²) in [6, 6.07) is 3.70. The van der Waals surface area contributed by atoms with Gasteiger partial charge in [0.2, 0.25) is 5.91 Å². The summed E-state index contributed by atoms with van der Waals surface area (Å²) in [7, 11) is 0. The van der Waals surface area contributed by atoms with Crippen LogP contribution in [0.15, 0.2) is 12.1 Å². The second-order valence-electron chi connectivity index (χ2n) is 4.49. The van der Waals surface area contributed by atoms with Crippen LogP contribution in [0.25, 0.3) is 5.70 Å². The van der Waals surface area contributed by atoms with E-state index >= 15 is 0 Å². The zero-order valence-corrected chi connectivity index (χ0v) is 16.7. The number of rotatable bonds is 4. The van der Waals surface area contributed by atoms with Crippen LogP contribution in [0.2, 0.25) is 0 Å². The van der Waals surface area contributed by atoms with Crippen molar-refractivity contribution < 1.29 is 51.0 Å². The van der Waals surface area contributed by atoms with Gasteiger partial charge in [0.25, 0.3) is 0 Å². The fraction of sp³-hybridized carbons (Fsp3) is 0.333. The Kier molecular flexibility index (Phi) is 7.78. The van der Waals surface area contributed by atoms with E-state index < -0.39 is 16.5 Å². The molecule has 1 amide bonds. The second-order valence-corrected chi connectivity index (χ2v) is 5.59. The number of hydrogen-bond acceptors (Lipinski definition) is 3. The summed E-state index contributed by atoms with van der Waals surface area (Å²) in [6.07, 6.45) is 3.09. The van der Waals surface area contributed by atoms with E-state index in [0.717, 1.165) is 12.1 Å². The average molecular weight is 459 g/mol. The standard InChI is InChI=1S/C15H12BrF2N2O2.Y/c1-2-20-13(4-3-10(16)15(20)21)14-11(17)7-9(8-12(14)18)22-6-5-19;/h7-8,10H,2-3,6H2,1H3;/q-1;. The van der Waals surface area contributed by atoms with E-state index in [9.17, 15) is 13.6 Å². The molecule has 0 saturated heterocycles. The summed E-state index contributed by atoms with van der Waals surface area (Å²) >= 11 is 3.21. The van der Waals surface area contributed by atoms with Crippen LogP contribution in [-0.4, -0.2) is 28.8 Å². The number of allylic oxidation sites excluding steroid dienone is 1. The average Bonchev–Trinajstić information content (AvgIpc) is 2.48. The fourth-order valence-electron chi connectivity index (χ4n) is 2.16. The molecule has 23 heavy (non-hydrogen) atoms. The molecular weight excluding hydrogens is 447 g/mol. The van der Waals surface area contributed by atoms with E-state index in [4.69, 9.17) is 10.00 Å². The van der Waals surface area contributed by atoms with Crippen LogP contribution in [0.5, 0.6) is 5.75 Å². The quantitative estimate of drug-likeness (QED) is 0.514. The first-order chi connectivity index (χ1) is 10.5. The minimum Gasteiger partial charge on any atom is -0.479 e. The summed E-state index contributed by atoms with van der Waals surface area (Å²) in [5.41, 5.74) is -0.232. The Morgan fingerprint density at radius 1 is 1.48 bits per heavy atom. The first-order valence-corrected chi connectivity index (χ1v) is 7.46. The molecule has 0 fully saturated rings. The van der Waals surface area contributed by atoms with Gasteiger partial charge in [-0.25, -0.2) is 14.9 Å². The minimum absolute atomic E-state index is 0. The van der Waals surface area contributed by atoms with Gasteiger partial charge in [-0.15, -0.1) is 5.70 Å². The van der Waals surface area contributed by atoms with E-state index in [-0.39, 0.29) is 75.2 Å². The number of nitriles is 1. The number of hydrogen-bond donors (Lipinski definition) is 0. The summed E-state index contributed by atoms with van der Waals surface area (Å²) in [4.78, 5) is 12.9.